The highest BCUT2D eigenvalue weighted by atomic mass is 16.6. The predicted octanol–water partition coefficient (Wildman–Crippen LogP) is 4.77. The van der Waals surface area contributed by atoms with E-state index in [1.165, 1.54) is 5.56 Å². The first-order valence-electron chi connectivity index (χ1n) is 12.4. The van der Waals surface area contributed by atoms with Crippen molar-refractivity contribution in [3.63, 3.8) is 0 Å². The third-order valence-corrected chi connectivity index (χ3v) is 6.63. The number of likely N-dealkylation sites (tertiary alicyclic amines) is 1. The summed E-state index contributed by atoms with van der Waals surface area (Å²) in [5.74, 6) is 0.962. The van der Waals surface area contributed by atoms with Gasteiger partial charge >= 0.3 is 6.09 Å². The van der Waals surface area contributed by atoms with Crippen molar-refractivity contribution in [2.75, 3.05) is 25.0 Å². The summed E-state index contributed by atoms with van der Waals surface area (Å²) in [5.41, 5.74) is 5.19. The Balaban J connectivity index is 1.24. The van der Waals surface area contributed by atoms with Crippen LogP contribution in [0.3, 0.4) is 0 Å². The number of carbonyl (C=O) groups is 2. The van der Waals surface area contributed by atoms with Gasteiger partial charge in [-0.2, -0.15) is 0 Å². The number of piperidine rings is 1. The zero-order valence-corrected chi connectivity index (χ0v) is 20.6. The first-order chi connectivity index (χ1) is 16.8. The second-order valence-corrected chi connectivity index (χ2v) is 10.6. The van der Waals surface area contributed by atoms with E-state index in [0.29, 0.717) is 30.4 Å². The molecule has 2 aromatic rings. The predicted molar refractivity (Wildman–Crippen MR) is 135 cm³/mol. The van der Waals surface area contributed by atoms with E-state index in [9.17, 15) is 9.59 Å². The minimum absolute atomic E-state index is 0.113. The number of carbonyl (C=O) groups excluding carboxylic acids is 2. The highest BCUT2D eigenvalue weighted by Crippen LogP contribution is 2.41. The van der Waals surface area contributed by atoms with Crippen LogP contribution in [-0.2, 0) is 27.4 Å². The van der Waals surface area contributed by atoms with E-state index in [0.717, 1.165) is 54.9 Å². The van der Waals surface area contributed by atoms with Crippen LogP contribution in [0.2, 0.25) is 0 Å². The van der Waals surface area contributed by atoms with E-state index >= 15 is 0 Å². The van der Waals surface area contributed by atoms with Crippen LogP contribution in [0.1, 0.15) is 55.9 Å². The molecule has 1 unspecified atom stereocenters. The molecule has 1 fully saturated rings. The van der Waals surface area contributed by atoms with Crippen molar-refractivity contribution >= 4 is 29.0 Å². The average Bonchev–Trinajstić information content (AvgIpc) is 3.36. The summed E-state index contributed by atoms with van der Waals surface area (Å²) in [6, 6.07) is 14.1. The van der Waals surface area contributed by atoms with Crippen molar-refractivity contribution in [1.29, 1.82) is 0 Å². The Labute approximate surface area is 206 Å². The second-order valence-electron chi connectivity index (χ2n) is 10.6. The Morgan fingerprint density at radius 2 is 2.03 bits per heavy atom. The molecule has 7 nitrogen and oxygen atoms in total. The van der Waals surface area contributed by atoms with Gasteiger partial charge in [-0.15, -0.1) is 0 Å². The van der Waals surface area contributed by atoms with Crippen LogP contribution >= 0.6 is 0 Å². The van der Waals surface area contributed by atoms with Crippen LogP contribution in [0.4, 0.5) is 10.5 Å². The molecule has 3 heterocycles. The summed E-state index contributed by atoms with van der Waals surface area (Å²) in [5, 5.41) is 5.86. The molecule has 0 aliphatic carbocycles. The number of para-hydroxylation sites is 1. The molecule has 0 saturated carbocycles. The van der Waals surface area contributed by atoms with Gasteiger partial charge in [0.05, 0.1) is 5.57 Å². The molecule has 3 aliphatic rings. The molecule has 5 rings (SSSR count). The lowest BCUT2D eigenvalue weighted by atomic mass is 9.96. The van der Waals surface area contributed by atoms with Crippen LogP contribution in [-0.4, -0.2) is 42.1 Å². The lowest BCUT2D eigenvalue weighted by Crippen LogP contribution is -2.41. The number of hydrogen-bond acceptors (Lipinski definition) is 5. The number of nitrogens with one attached hydrogen (secondary N) is 2. The molecular formula is C28H33N3O4. The van der Waals surface area contributed by atoms with E-state index in [2.05, 4.69) is 33.7 Å². The average molecular weight is 476 g/mol. The Morgan fingerprint density at radius 3 is 2.86 bits per heavy atom. The number of fused-ring (bicyclic) bond motifs is 2. The van der Waals surface area contributed by atoms with Gasteiger partial charge < -0.3 is 20.1 Å². The normalized spacial score (nSPS) is 21.7. The number of nitrogens with zero attached hydrogens (tertiary/aromatic N) is 1. The smallest absolute Gasteiger partial charge is 0.407 e. The number of hydrogen-bond donors (Lipinski definition) is 2. The molecule has 2 N–H and O–H groups in total. The van der Waals surface area contributed by atoms with Gasteiger partial charge in [0.2, 0.25) is 0 Å². The highest BCUT2D eigenvalue weighted by Gasteiger charge is 2.32. The van der Waals surface area contributed by atoms with Gasteiger partial charge in [0, 0.05) is 42.0 Å². The molecule has 0 spiro atoms. The standard InChI is InChI=1S/C28H33N3O4/c1-28(2,3)35-27(33)29-14-19-7-6-12-31(16-19)15-18-10-11-21-20(13-18)17-34-25(21)24-22-8-4-5-9-23(22)30-26(24)32/h4-5,8-11,13,19H,6-7,12,14-17H2,1-3H3,(H,29,33)(H,30,32)/b25-24+. The maximum atomic E-state index is 12.7. The molecule has 0 bridgehead atoms. The van der Waals surface area contributed by atoms with Crippen LogP contribution < -0.4 is 10.6 Å². The van der Waals surface area contributed by atoms with Gasteiger partial charge in [-0.05, 0) is 57.7 Å². The van der Waals surface area contributed by atoms with Gasteiger partial charge in [0.1, 0.15) is 18.0 Å². The van der Waals surface area contributed by atoms with E-state index in [-0.39, 0.29) is 12.0 Å². The summed E-state index contributed by atoms with van der Waals surface area (Å²) in [4.78, 5) is 27.1. The number of anilines is 1. The zero-order chi connectivity index (χ0) is 24.6. The van der Waals surface area contributed by atoms with Crippen molar-refractivity contribution < 1.29 is 19.1 Å². The van der Waals surface area contributed by atoms with Crippen molar-refractivity contribution in [1.82, 2.24) is 10.2 Å². The van der Waals surface area contributed by atoms with E-state index in [1.807, 2.05) is 45.0 Å². The number of amides is 2. The zero-order valence-electron chi connectivity index (χ0n) is 20.6. The molecule has 3 aliphatic heterocycles. The molecule has 35 heavy (non-hydrogen) atoms. The Hall–Kier alpha value is -3.32. The van der Waals surface area contributed by atoms with Crippen molar-refractivity contribution in [2.45, 2.75) is 52.4 Å². The molecule has 1 atom stereocenters. The Bertz CT molecular complexity index is 1180. The molecule has 0 aromatic heterocycles. The SMILES string of the molecule is CC(C)(C)OC(=O)NCC1CCCN(Cc2ccc3c(c2)CO/C3=C2/C(=O)Nc3ccccc32)C1. The molecule has 7 heteroatoms. The van der Waals surface area contributed by atoms with Gasteiger partial charge in [0.25, 0.3) is 5.91 Å². The van der Waals surface area contributed by atoms with Crippen LogP contribution in [0.15, 0.2) is 42.5 Å². The van der Waals surface area contributed by atoms with Crippen molar-refractivity contribution in [3.8, 4) is 0 Å². The molecule has 2 aromatic carbocycles. The topological polar surface area (TPSA) is 79.9 Å². The highest BCUT2D eigenvalue weighted by molar-refractivity contribution is 6.36. The second kappa shape index (κ2) is 9.38. The van der Waals surface area contributed by atoms with Crippen molar-refractivity contribution in [3.05, 3.63) is 64.7 Å². The maximum absolute atomic E-state index is 12.7. The summed E-state index contributed by atoms with van der Waals surface area (Å²) in [6.45, 7) is 9.56. The fourth-order valence-corrected chi connectivity index (χ4v) is 5.13. The summed E-state index contributed by atoms with van der Waals surface area (Å²) in [7, 11) is 0. The summed E-state index contributed by atoms with van der Waals surface area (Å²) >= 11 is 0. The third kappa shape index (κ3) is 5.20. The summed E-state index contributed by atoms with van der Waals surface area (Å²) in [6.07, 6.45) is 1.86. The fourth-order valence-electron chi connectivity index (χ4n) is 5.13. The molecular weight excluding hydrogens is 442 g/mol. The van der Waals surface area contributed by atoms with Gasteiger partial charge in [-0.3, -0.25) is 9.69 Å². The van der Waals surface area contributed by atoms with Crippen LogP contribution in [0, 0.1) is 5.92 Å². The van der Waals surface area contributed by atoms with E-state index < -0.39 is 5.60 Å². The molecule has 2 amide bonds. The molecule has 1 saturated heterocycles. The first kappa shape index (κ1) is 23.4. The maximum Gasteiger partial charge on any atom is 0.407 e. The molecule has 184 valence electrons. The quantitative estimate of drug-likeness (QED) is 0.623. The largest absolute Gasteiger partial charge is 0.487 e. The monoisotopic (exact) mass is 475 g/mol. The van der Waals surface area contributed by atoms with Crippen molar-refractivity contribution in [2.24, 2.45) is 5.92 Å². The Kier molecular flexibility index (Phi) is 6.28. The Morgan fingerprint density at radius 1 is 1.20 bits per heavy atom. The molecule has 0 radical (unpaired) electrons. The minimum atomic E-state index is -0.485. The van der Waals surface area contributed by atoms with Crippen LogP contribution in [0.25, 0.3) is 11.3 Å². The fraction of sp³-hybridized carbons (Fsp3) is 0.429. The summed E-state index contributed by atoms with van der Waals surface area (Å²) < 4.78 is 11.4. The minimum Gasteiger partial charge on any atom is -0.487 e. The number of benzene rings is 2. The van der Waals surface area contributed by atoms with Gasteiger partial charge in [-0.25, -0.2) is 4.79 Å². The number of ether oxygens (including phenoxy) is 2. The lowest BCUT2D eigenvalue weighted by Gasteiger charge is -2.33. The first-order valence-corrected chi connectivity index (χ1v) is 12.4. The van der Waals surface area contributed by atoms with E-state index in [1.54, 1.807) is 0 Å². The third-order valence-electron chi connectivity index (χ3n) is 6.63. The number of alkyl carbamates (subject to hydrolysis) is 1. The van der Waals surface area contributed by atoms with Crippen LogP contribution in [0.5, 0.6) is 0 Å². The van der Waals surface area contributed by atoms with Gasteiger partial charge in [-0.1, -0.05) is 36.4 Å². The number of rotatable bonds is 4. The van der Waals surface area contributed by atoms with E-state index in [4.69, 9.17) is 9.47 Å². The van der Waals surface area contributed by atoms with Gasteiger partial charge in [0.15, 0.2) is 0 Å². The lowest BCUT2D eigenvalue weighted by molar-refractivity contribution is -0.110.